The van der Waals surface area contributed by atoms with Crippen LogP contribution >= 0.6 is 28.1 Å². The molecule has 3 rings (SSSR count). The Balaban J connectivity index is 2.08. The number of carbonyl (C=O) groups excluding carboxylic acids is 2. The van der Waals surface area contributed by atoms with E-state index in [4.69, 9.17) is 16.6 Å². The van der Waals surface area contributed by atoms with Gasteiger partial charge in [0.15, 0.2) is 9.78 Å². The zero-order chi connectivity index (χ0) is 18.0. The van der Waals surface area contributed by atoms with E-state index in [0.717, 1.165) is 6.42 Å². The monoisotopic (exact) mass is 418 g/mol. The van der Waals surface area contributed by atoms with Gasteiger partial charge in [0.2, 0.25) is 0 Å². The minimum Gasteiger partial charge on any atom is -0.450 e. The average Bonchev–Trinajstić information content (AvgIpc) is 3.02. The van der Waals surface area contributed by atoms with Crippen molar-refractivity contribution in [3.63, 3.8) is 0 Å². The molecule has 1 aromatic carbocycles. The standard InChI is InChI=1S/C18H15BrN2O3S/c1-2-10-20-16(22)14(11-13-8-9-15(19)24-13)17(23)21(18(20)25)12-6-4-3-5-7-12/h3-9,11H,2,10H2,1H3. The summed E-state index contributed by atoms with van der Waals surface area (Å²) in [5, 5.41) is 0.195. The summed E-state index contributed by atoms with van der Waals surface area (Å²) in [4.78, 5) is 28.6. The molecule has 0 unspecified atom stereocenters. The first-order valence-corrected chi connectivity index (χ1v) is 8.95. The third-order valence-electron chi connectivity index (χ3n) is 3.67. The highest BCUT2D eigenvalue weighted by Gasteiger charge is 2.40. The number of thiocarbonyl (C=S) groups is 1. The van der Waals surface area contributed by atoms with E-state index in [1.54, 1.807) is 24.3 Å². The minimum absolute atomic E-state index is 0.0211. The molecule has 1 aliphatic heterocycles. The first kappa shape index (κ1) is 17.6. The lowest BCUT2D eigenvalue weighted by Gasteiger charge is -2.36. The molecule has 0 atom stereocenters. The number of anilines is 1. The van der Waals surface area contributed by atoms with Crippen LogP contribution in [0.15, 0.2) is 57.1 Å². The number of hydrogen-bond donors (Lipinski definition) is 0. The minimum atomic E-state index is -0.457. The maximum Gasteiger partial charge on any atom is 0.270 e. The lowest BCUT2D eigenvalue weighted by Crippen LogP contribution is -2.56. The number of nitrogens with zero attached hydrogens (tertiary/aromatic N) is 2. The van der Waals surface area contributed by atoms with Gasteiger partial charge in [0.25, 0.3) is 11.8 Å². The molecule has 25 heavy (non-hydrogen) atoms. The predicted molar refractivity (Wildman–Crippen MR) is 103 cm³/mol. The SMILES string of the molecule is CCCN1C(=O)C(=Cc2ccc(Br)o2)C(=O)N(c2ccccc2)C1=S. The molecule has 1 aromatic heterocycles. The molecule has 5 nitrogen and oxygen atoms in total. The molecule has 7 heteroatoms. The quantitative estimate of drug-likeness (QED) is 0.427. The smallest absolute Gasteiger partial charge is 0.270 e. The van der Waals surface area contributed by atoms with Gasteiger partial charge in [-0.15, -0.1) is 0 Å². The van der Waals surface area contributed by atoms with Gasteiger partial charge in [0, 0.05) is 6.54 Å². The van der Waals surface area contributed by atoms with Crippen molar-refractivity contribution in [2.45, 2.75) is 13.3 Å². The Morgan fingerprint density at radius 1 is 1.12 bits per heavy atom. The van der Waals surface area contributed by atoms with Crippen LogP contribution in [-0.2, 0) is 9.59 Å². The Labute approximate surface area is 159 Å². The molecule has 0 bridgehead atoms. The number of benzene rings is 1. The van der Waals surface area contributed by atoms with Gasteiger partial charge in [-0.1, -0.05) is 25.1 Å². The van der Waals surface area contributed by atoms with Crippen molar-refractivity contribution in [3.8, 4) is 0 Å². The maximum atomic E-state index is 13.0. The van der Waals surface area contributed by atoms with Gasteiger partial charge >= 0.3 is 0 Å². The van der Waals surface area contributed by atoms with E-state index in [1.165, 1.54) is 15.9 Å². The van der Waals surface area contributed by atoms with Gasteiger partial charge in [-0.05, 0) is 64.9 Å². The normalized spacial score (nSPS) is 16.9. The highest BCUT2D eigenvalue weighted by molar-refractivity contribution is 9.10. The zero-order valence-corrected chi connectivity index (χ0v) is 15.8. The third kappa shape index (κ3) is 3.43. The van der Waals surface area contributed by atoms with E-state index in [9.17, 15) is 9.59 Å². The van der Waals surface area contributed by atoms with Crippen LogP contribution in [0, 0.1) is 0 Å². The van der Waals surface area contributed by atoms with E-state index in [2.05, 4.69) is 15.9 Å². The number of furan rings is 1. The van der Waals surface area contributed by atoms with Crippen LogP contribution in [0.4, 0.5) is 5.69 Å². The maximum absolute atomic E-state index is 13.0. The Morgan fingerprint density at radius 3 is 2.44 bits per heavy atom. The Morgan fingerprint density at radius 2 is 1.84 bits per heavy atom. The number of carbonyl (C=O) groups is 2. The molecule has 1 saturated heterocycles. The second-order valence-corrected chi connectivity index (χ2v) is 6.56. The average molecular weight is 419 g/mol. The summed E-state index contributed by atoms with van der Waals surface area (Å²) in [6.07, 6.45) is 2.18. The van der Waals surface area contributed by atoms with Crippen molar-refractivity contribution < 1.29 is 14.0 Å². The molecule has 2 heterocycles. The van der Waals surface area contributed by atoms with Crippen LogP contribution in [0.5, 0.6) is 0 Å². The zero-order valence-electron chi connectivity index (χ0n) is 13.4. The molecule has 0 saturated carbocycles. The van der Waals surface area contributed by atoms with Crippen molar-refractivity contribution in [3.05, 3.63) is 58.5 Å². The van der Waals surface area contributed by atoms with Crippen LogP contribution in [-0.4, -0.2) is 28.4 Å². The van der Waals surface area contributed by atoms with Crippen molar-refractivity contribution in [2.75, 3.05) is 11.4 Å². The summed E-state index contributed by atoms with van der Waals surface area (Å²) in [6, 6.07) is 12.4. The molecular formula is C18H15BrN2O3S. The summed E-state index contributed by atoms with van der Waals surface area (Å²) in [6.45, 7) is 2.39. The molecule has 2 aromatic rings. The molecule has 2 amide bonds. The first-order valence-electron chi connectivity index (χ1n) is 7.75. The largest absolute Gasteiger partial charge is 0.450 e. The number of halogens is 1. The lowest BCUT2D eigenvalue weighted by molar-refractivity contribution is -0.127. The molecule has 0 aliphatic carbocycles. The summed E-state index contributed by atoms with van der Waals surface area (Å²) in [7, 11) is 0. The topological polar surface area (TPSA) is 53.8 Å². The molecule has 0 spiro atoms. The number of hydrogen-bond acceptors (Lipinski definition) is 4. The summed E-state index contributed by atoms with van der Waals surface area (Å²) in [5.74, 6) is -0.446. The predicted octanol–water partition coefficient (Wildman–Crippen LogP) is 4.00. The first-order chi connectivity index (χ1) is 12.0. The summed E-state index contributed by atoms with van der Waals surface area (Å²) in [5.41, 5.74) is 0.644. The Kier molecular flexibility index (Phi) is 5.15. The van der Waals surface area contributed by atoms with Gasteiger partial charge in [-0.2, -0.15) is 0 Å². The van der Waals surface area contributed by atoms with Crippen LogP contribution < -0.4 is 4.90 Å². The van der Waals surface area contributed by atoms with Gasteiger partial charge in [0.05, 0.1) is 5.69 Å². The van der Waals surface area contributed by atoms with Crippen LogP contribution in [0.1, 0.15) is 19.1 Å². The van der Waals surface area contributed by atoms with Gasteiger partial charge in [-0.25, -0.2) is 0 Å². The van der Waals surface area contributed by atoms with E-state index in [-0.39, 0.29) is 10.7 Å². The fourth-order valence-electron chi connectivity index (χ4n) is 2.55. The van der Waals surface area contributed by atoms with Crippen molar-refractivity contribution in [1.29, 1.82) is 0 Å². The van der Waals surface area contributed by atoms with Crippen LogP contribution in [0.2, 0.25) is 0 Å². The summed E-state index contributed by atoms with van der Waals surface area (Å²) >= 11 is 8.64. The lowest BCUT2D eigenvalue weighted by atomic mass is 10.1. The molecule has 0 radical (unpaired) electrons. The summed E-state index contributed by atoms with van der Waals surface area (Å²) < 4.78 is 5.94. The van der Waals surface area contributed by atoms with Gasteiger partial charge < -0.3 is 4.42 Å². The fraction of sp³-hybridized carbons (Fsp3) is 0.167. The second-order valence-electron chi connectivity index (χ2n) is 5.42. The number of rotatable bonds is 4. The molecule has 128 valence electrons. The van der Waals surface area contributed by atoms with E-state index in [0.29, 0.717) is 22.7 Å². The van der Waals surface area contributed by atoms with Crippen molar-refractivity contribution in [1.82, 2.24) is 4.90 Å². The Bertz CT molecular complexity index is 860. The molecular weight excluding hydrogens is 404 g/mol. The number of para-hydroxylation sites is 1. The highest BCUT2D eigenvalue weighted by atomic mass is 79.9. The van der Waals surface area contributed by atoms with Crippen LogP contribution in [0.3, 0.4) is 0 Å². The highest BCUT2D eigenvalue weighted by Crippen LogP contribution is 2.27. The third-order valence-corrected chi connectivity index (χ3v) is 4.50. The van der Waals surface area contributed by atoms with E-state index >= 15 is 0 Å². The van der Waals surface area contributed by atoms with Gasteiger partial charge in [0.1, 0.15) is 11.3 Å². The van der Waals surface area contributed by atoms with Gasteiger partial charge in [-0.3, -0.25) is 19.4 Å². The number of amides is 2. The van der Waals surface area contributed by atoms with E-state index < -0.39 is 11.8 Å². The molecule has 0 N–H and O–H groups in total. The van der Waals surface area contributed by atoms with Crippen molar-refractivity contribution >= 4 is 56.8 Å². The fourth-order valence-corrected chi connectivity index (χ4v) is 3.23. The van der Waals surface area contributed by atoms with E-state index in [1.807, 2.05) is 25.1 Å². The van der Waals surface area contributed by atoms with Crippen LogP contribution in [0.25, 0.3) is 6.08 Å². The van der Waals surface area contributed by atoms with Crippen molar-refractivity contribution in [2.24, 2.45) is 0 Å². The molecule has 1 aliphatic rings. The molecule has 1 fully saturated rings. The second kappa shape index (κ2) is 7.33. The Hall–Kier alpha value is -2.25.